The van der Waals surface area contributed by atoms with E-state index < -0.39 is 0 Å². The van der Waals surface area contributed by atoms with Crippen LogP contribution in [0.3, 0.4) is 0 Å². The van der Waals surface area contributed by atoms with Gasteiger partial charge in [0.2, 0.25) is 0 Å². The zero-order valence-corrected chi connectivity index (χ0v) is 10.1. The topological polar surface area (TPSA) is 56.0 Å². The van der Waals surface area contributed by atoms with Gasteiger partial charge in [0.15, 0.2) is 0 Å². The van der Waals surface area contributed by atoms with E-state index in [0.29, 0.717) is 5.92 Å². The van der Waals surface area contributed by atoms with Crippen LogP contribution in [-0.2, 0) is 0 Å². The van der Waals surface area contributed by atoms with Gasteiger partial charge in [-0.2, -0.15) is 5.26 Å². The number of rotatable bonds is 3. The van der Waals surface area contributed by atoms with Gasteiger partial charge in [-0.25, -0.2) is 0 Å². The van der Waals surface area contributed by atoms with Crippen LogP contribution in [0.5, 0.6) is 0 Å². The molecule has 3 heteroatoms. The largest absolute Gasteiger partial charge is 0.393 e. The Hall–Kier alpha value is -1.53. The third kappa shape index (κ3) is 2.78. The van der Waals surface area contributed by atoms with Crippen molar-refractivity contribution in [3.8, 4) is 6.07 Å². The van der Waals surface area contributed by atoms with E-state index in [0.717, 1.165) is 42.6 Å². The molecule has 0 aliphatic heterocycles. The number of hydrogen-bond acceptors (Lipinski definition) is 3. The maximum atomic E-state index is 9.72. The van der Waals surface area contributed by atoms with Gasteiger partial charge in [-0.15, -0.1) is 0 Å². The Labute approximate surface area is 102 Å². The second kappa shape index (κ2) is 5.20. The first-order valence-electron chi connectivity index (χ1n) is 6.13. The Kier molecular flexibility index (Phi) is 3.65. The summed E-state index contributed by atoms with van der Waals surface area (Å²) in [5, 5.41) is 21.9. The summed E-state index contributed by atoms with van der Waals surface area (Å²) in [6.07, 6.45) is 3.00. The Morgan fingerprint density at radius 3 is 2.88 bits per heavy atom. The van der Waals surface area contributed by atoms with Crippen molar-refractivity contribution in [3.63, 3.8) is 0 Å². The highest BCUT2D eigenvalue weighted by molar-refractivity contribution is 5.51. The third-order valence-electron chi connectivity index (χ3n) is 3.53. The Bertz CT molecular complexity index is 436. The molecule has 0 saturated heterocycles. The quantitative estimate of drug-likeness (QED) is 0.838. The van der Waals surface area contributed by atoms with E-state index in [4.69, 9.17) is 5.26 Å². The molecule has 2 N–H and O–H groups in total. The molecule has 0 bridgehead atoms. The molecule has 1 aliphatic carbocycles. The monoisotopic (exact) mass is 230 g/mol. The molecule has 0 radical (unpaired) electrons. The molecule has 1 saturated carbocycles. The number of nitrogens with zero attached hydrogens (tertiary/aromatic N) is 1. The summed E-state index contributed by atoms with van der Waals surface area (Å²) in [7, 11) is 0. The number of aryl methyl sites for hydroxylation is 1. The van der Waals surface area contributed by atoms with Crippen LogP contribution in [-0.4, -0.2) is 17.8 Å². The van der Waals surface area contributed by atoms with Crippen LogP contribution in [0.25, 0.3) is 0 Å². The van der Waals surface area contributed by atoms with E-state index >= 15 is 0 Å². The van der Waals surface area contributed by atoms with Gasteiger partial charge in [-0.3, -0.25) is 0 Å². The molecule has 1 aromatic rings. The van der Waals surface area contributed by atoms with Crippen molar-refractivity contribution in [1.82, 2.24) is 0 Å². The Morgan fingerprint density at radius 1 is 1.47 bits per heavy atom. The van der Waals surface area contributed by atoms with E-state index in [2.05, 4.69) is 11.4 Å². The van der Waals surface area contributed by atoms with Gasteiger partial charge in [-0.05, 0) is 43.5 Å². The van der Waals surface area contributed by atoms with Gasteiger partial charge in [0, 0.05) is 18.2 Å². The minimum absolute atomic E-state index is 0.151. The molecular formula is C14H18N2O. The second-order valence-electron chi connectivity index (χ2n) is 4.78. The molecule has 2 atom stereocenters. The van der Waals surface area contributed by atoms with E-state index in [1.54, 1.807) is 0 Å². The van der Waals surface area contributed by atoms with Crippen LogP contribution < -0.4 is 5.32 Å². The lowest BCUT2D eigenvalue weighted by molar-refractivity contribution is 0.138. The van der Waals surface area contributed by atoms with Gasteiger partial charge in [0.05, 0.1) is 17.7 Å². The fourth-order valence-corrected chi connectivity index (χ4v) is 2.40. The van der Waals surface area contributed by atoms with Crippen molar-refractivity contribution < 1.29 is 5.11 Å². The molecule has 0 amide bonds. The highest BCUT2D eigenvalue weighted by Gasteiger charge is 2.24. The smallest absolute Gasteiger partial charge is 0.0994 e. The summed E-state index contributed by atoms with van der Waals surface area (Å²) in [4.78, 5) is 0. The average molecular weight is 230 g/mol. The Balaban J connectivity index is 1.95. The van der Waals surface area contributed by atoms with E-state index in [-0.39, 0.29) is 6.10 Å². The summed E-state index contributed by atoms with van der Waals surface area (Å²) < 4.78 is 0. The first-order valence-corrected chi connectivity index (χ1v) is 6.13. The van der Waals surface area contributed by atoms with E-state index in [9.17, 15) is 5.11 Å². The summed E-state index contributed by atoms with van der Waals surface area (Å²) in [5.74, 6) is 0.367. The van der Waals surface area contributed by atoms with Crippen molar-refractivity contribution in [2.45, 2.75) is 32.3 Å². The summed E-state index contributed by atoms with van der Waals surface area (Å²) in [6, 6.07) is 7.90. The maximum Gasteiger partial charge on any atom is 0.0994 e. The summed E-state index contributed by atoms with van der Waals surface area (Å²) in [5.41, 5.74) is 2.74. The lowest BCUT2D eigenvalue weighted by Gasteiger charge is -2.16. The van der Waals surface area contributed by atoms with Gasteiger partial charge >= 0.3 is 0 Å². The molecule has 2 rings (SSSR count). The van der Waals surface area contributed by atoms with Gasteiger partial charge in [-0.1, -0.05) is 6.42 Å². The average Bonchev–Trinajstić information content (AvgIpc) is 2.72. The minimum Gasteiger partial charge on any atom is -0.393 e. The molecule has 17 heavy (non-hydrogen) atoms. The number of aliphatic hydroxyl groups excluding tert-OH is 1. The van der Waals surface area contributed by atoms with Gasteiger partial charge < -0.3 is 10.4 Å². The third-order valence-corrected chi connectivity index (χ3v) is 3.53. The minimum atomic E-state index is -0.151. The SMILES string of the molecule is Cc1cc(NCC2CCCC2O)ccc1C#N. The van der Waals surface area contributed by atoms with Crippen LogP contribution in [0.1, 0.15) is 30.4 Å². The molecule has 1 aromatic carbocycles. The molecule has 90 valence electrons. The van der Waals surface area contributed by atoms with Crippen LogP contribution in [0, 0.1) is 24.2 Å². The Morgan fingerprint density at radius 2 is 2.29 bits per heavy atom. The highest BCUT2D eigenvalue weighted by atomic mass is 16.3. The van der Waals surface area contributed by atoms with E-state index in [1.165, 1.54) is 0 Å². The fourth-order valence-electron chi connectivity index (χ4n) is 2.40. The lowest BCUT2D eigenvalue weighted by Crippen LogP contribution is -2.21. The number of anilines is 1. The fraction of sp³-hybridized carbons (Fsp3) is 0.500. The second-order valence-corrected chi connectivity index (χ2v) is 4.78. The molecule has 1 fully saturated rings. The maximum absolute atomic E-state index is 9.72. The highest BCUT2D eigenvalue weighted by Crippen LogP contribution is 2.26. The van der Waals surface area contributed by atoms with Crippen molar-refractivity contribution in [1.29, 1.82) is 5.26 Å². The first-order chi connectivity index (χ1) is 8.20. The zero-order valence-electron chi connectivity index (χ0n) is 10.1. The van der Waals surface area contributed by atoms with Crippen molar-refractivity contribution in [3.05, 3.63) is 29.3 Å². The predicted octanol–water partition coefficient (Wildman–Crippen LogP) is 2.44. The molecule has 3 nitrogen and oxygen atoms in total. The van der Waals surface area contributed by atoms with E-state index in [1.807, 2.05) is 25.1 Å². The van der Waals surface area contributed by atoms with Gasteiger partial charge in [0.1, 0.15) is 0 Å². The first kappa shape index (κ1) is 11.9. The predicted molar refractivity (Wildman–Crippen MR) is 67.7 cm³/mol. The molecule has 1 aliphatic rings. The molecule has 2 unspecified atom stereocenters. The number of hydrogen-bond donors (Lipinski definition) is 2. The molecule has 0 aromatic heterocycles. The van der Waals surface area contributed by atoms with Crippen LogP contribution >= 0.6 is 0 Å². The van der Waals surface area contributed by atoms with Gasteiger partial charge in [0.25, 0.3) is 0 Å². The van der Waals surface area contributed by atoms with Crippen molar-refractivity contribution in [2.75, 3.05) is 11.9 Å². The molecule has 0 spiro atoms. The van der Waals surface area contributed by atoms with Crippen LogP contribution in [0.4, 0.5) is 5.69 Å². The summed E-state index contributed by atoms with van der Waals surface area (Å²) >= 11 is 0. The molecule has 0 heterocycles. The van der Waals surface area contributed by atoms with Crippen molar-refractivity contribution in [2.24, 2.45) is 5.92 Å². The molecular weight excluding hydrogens is 212 g/mol. The van der Waals surface area contributed by atoms with Crippen LogP contribution in [0.15, 0.2) is 18.2 Å². The van der Waals surface area contributed by atoms with Crippen LogP contribution in [0.2, 0.25) is 0 Å². The number of nitrogens with one attached hydrogen (secondary N) is 1. The number of benzene rings is 1. The zero-order chi connectivity index (χ0) is 12.3. The number of aliphatic hydroxyl groups is 1. The number of nitriles is 1. The standard InChI is InChI=1S/C14H18N2O/c1-10-7-13(6-5-11(10)8-15)16-9-12-3-2-4-14(12)17/h5-7,12,14,16-17H,2-4,9H2,1H3. The lowest BCUT2D eigenvalue weighted by atomic mass is 10.1. The summed E-state index contributed by atoms with van der Waals surface area (Å²) in [6.45, 7) is 2.75. The van der Waals surface area contributed by atoms with Crippen molar-refractivity contribution >= 4 is 5.69 Å². The normalized spacial score (nSPS) is 23.4.